The van der Waals surface area contributed by atoms with Crippen LogP contribution in [0.4, 0.5) is 5.69 Å². The number of nitrogens with zero attached hydrogens (tertiary/aromatic N) is 2. The minimum Gasteiger partial charge on any atom is -0.388 e. The van der Waals surface area contributed by atoms with Crippen LogP contribution < -0.4 is 0 Å². The van der Waals surface area contributed by atoms with Gasteiger partial charge in [0, 0.05) is 32.7 Å². The van der Waals surface area contributed by atoms with Gasteiger partial charge in [-0.3, -0.25) is 0 Å². The molecule has 0 amide bonds. The summed E-state index contributed by atoms with van der Waals surface area (Å²) in [6.45, 7) is 16.1. The van der Waals surface area contributed by atoms with E-state index in [-0.39, 0.29) is 0 Å². The first-order valence-corrected chi connectivity index (χ1v) is 11.9. The quantitative estimate of drug-likeness (QED) is 0.286. The number of rotatable bonds is 9. The number of aliphatic imine (C=N–C) groups is 1. The minimum absolute atomic E-state index is 0.556. The number of hydrogen-bond donors (Lipinski definition) is 0. The van der Waals surface area contributed by atoms with Gasteiger partial charge in [-0.25, -0.2) is 4.99 Å². The van der Waals surface area contributed by atoms with E-state index in [1.165, 1.54) is 27.8 Å². The summed E-state index contributed by atoms with van der Waals surface area (Å²) in [5.41, 5.74) is 7.44. The molecule has 2 aromatic rings. The summed E-state index contributed by atoms with van der Waals surface area (Å²) >= 11 is 1.71. The van der Waals surface area contributed by atoms with E-state index >= 15 is 0 Å². The fraction of sp³-hybridized carbons (Fsp3) is 0.393. The third kappa shape index (κ3) is 9.88. The maximum Gasteiger partial charge on any atom is 0.0909 e. The molecule has 0 saturated carbocycles. The van der Waals surface area contributed by atoms with Crippen LogP contribution in [0.5, 0.6) is 0 Å². The van der Waals surface area contributed by atoms with Crippen molar-refractivity contribution in [2.24, 2.45) is 4.99 Å². The largest absolute Gasteiger partial charge is 0.388 e. The zero-order chi connectivity index (χ0) is 24.1. The normalized spacial score (nSPS) is 11.5. The summed E-state index contributed by atoms with van der Waals surface area (Å²) in [5, 5.41) is 2.22. The van der Waals surface area contributed by atoms with Crippen LogP contribution in [0, 0.1) is 6.92 Å². The average Bonchev–Trinajstić information content (AvgIpc) is 2.77. The Hall–Kier alpha value is -2.30. The second-order valence-corrected chi connectivity index (χ2v) is 9.27. The van der Waals surface area contributed by atoms with Crippen molar-refractivity contribution >= 4 is 28.7 Å². The smallest absolute Gasteiger partial charge is 0.0909 e. The van der Waals surface area contributed by atoms with Crippen molar-refractivity contribution < 1.29 is 4.74 Å². The number of methoxy groups -OCH3 is 1. The first-order valence-electron chi connectivity index (χ1n) is 11.1. The molecule has 174 valence electrons. The lowest BCUT2D eigenvalue weighted by atomic mass is 10.0. The summed E-state index contributed by atoms with van der Waals surface area (Å²) in [4.78, 5) is 7.73. The van der Waals surface area contributed by atoms with Gasteiger partial charge in [0.25, 0.3) is 0 Å². The highest BCUT2D eigenvalue weighted by Gasteiger charge is 2.04. The van der Waals surface area contributed by atoms with E-state index in [2.05, 4.69) is 104 Å². The third-order valence-corrected chi connectivity index (χ3v) is 5.98. The van der Waals surface area contributed by atoms with Crippen molar-refractivity contribution in [3.8, 4) is 0 Å². The molecule has 0 aliphatic heterocycles. The summed E-state index contributed by atoms with van der Waals surface area (Å²) in [5.74, 6) is 0.556. The van der Waals surface area contributed by atoms with Crippen LogP contribution in [0.25, 0.3) is 4.91 Å². The fourth-order valence-electron chi connectivity index (χ4n) is 2.87. The Labute approximate surface area is 200 Å². The Morgan fingerprint density at radius 1 is 1.16 bits per heavy atom. The van der Waals surface area contributed by atoms with E-state index in [1.54, 1.807) is 26.0 Å². The first-order chi connectivity index (χ1) is 15.2. The van der Waals surface area contributed by atoms with E-state index in [9.17, 15) is 0 Å². The predicted molar refractivity (Wildman–Crippen MR) is 145 cm³/mol. The number of allylic oxidation sites excluding steroid dienone is 1. The highest BCUT2D eigenvalue weighted by atomic mass is 32.2. The van der Waals surface area contributed by atoms with Gasteiger partial charge in [-0.1, -0.05) is 74.2 Å². The standard InChI is InChI=1S/C26H34N2S.C2H6O/c1-8-28(7)18-27-26-14-9-23(16-21(26)5)15-20(4)17-29-22(6)25-12-10-24(11-13-25)19(2)3;1-3-2/h9-14,16-19H,6,8,15H2,1-5,7H3;1-2H3/b20-17+,27-18?;. The molecule has 0 N–H and O–H groups in total. The van der Waals surface area contributed by atoms with Crippen LogP contribution in [-0.2, 0) is 11.2 Å². The van der Waals surface area contributed by atoms with Crippen LogP contribution in [-0.4, -0.2) is 39.1 Å². The molecule has 32 heavy (non-hydrogen) atoms. The maximum absolute atomic E-state index is 4.58. The molecule has 0 unspecified atom stereocenters. The van der Waals surface area contributed by atoms with Gasteiger partial charge >= 0.3 is 0 Å². The highest BCUT2D eigenvalue weighted by Crippen LogP contribution is 2.29. The molecule has 3 nitrogen and oxygen atoms in total. The van der Waals surface area contributed by atoms with E-state index in [0.717, 1.165) is 23.6 Å². The van der Waals surface area contributed by atoms with Gasteiger partial charge in [0.2, 0.25) is 0 Å². The predicted octanol–water partition coefficient (Wildman–Crippen LogP) is 7.84. The van der Waals surface area contributed by atoms with Gasteiger partial charge in [0.1, 0.15) is 0 Å². The van der Waals surface area contributed by atoms with Gasteiger partial charge < -0.3 is 9.64 Å². The zero-order valence-corrected chi connectivity index (χ0v) is 21.9. The summed E-state index contributed by atoms with van der Waals surface area (Å²) in [6, 6.07) is 15.3. The Morgan fingerprint density at radius 3 is 2.31 bits per heavy atom. The van der Waals surface area contributed by atoms with Gasteiger partial charge in [-0.05, 0) is 66.8 Å². The van der Waals surface area contributed by atoms with E-state index in [4.69, 9.17) is 0 Å². The van der Waals surface area contributed by atoms with Crippen LogP contribution in [0.2, 0.25) is 0 Å². The number of thioether (sulfide) groups is 1. The van der Waals surface area contributed by atoms with Crippen molar-refractivity contribution in [2.75, 3.05) is 27.8 Å². The topological polar surface area (TPSA) is 24.8 Å². The van der Waals surface area contributed by atoms with E-state index < -0.39 is 0 Å². The molecule has 0 radical (unpaired) electrons. The molecule has 4 heteroatoms. The molecule has 0 atom stereocenters. The van der Waals surface area contributed by atoms with Gasteiger partial charge in [0.05, 0.1) is 12.0 Å². The molecular formula is C28H40N2OS. The summed E-state index contributed by atoms with van der Waals surface area (Å²) in [6.07, 6.45) is 2.83. The van der Waals surface area contributed by atoms with Crippen molar-refractivity contribution in [3.63, 3.8) is 0 Å². The van der Waals surface area contributed by atoms with Gasteiger partial charge in [-0.2, -0.15) is 0 Å². The lowest BCUT2D eigenvalue weighted by Crippen LogP contribution is -2.14. The van der Waals surface area contributed by atoms with Crippen molar-refractivity contribution in [1.29, 1.82) is 0 Å². The lowest BCUT2D eigenvalue weighted by Gasteiger charge is -2.10. The second kappa shape index (κ2) is 14.7. The molecule has 0 heterocycles. The highest BCUT2D eigenvalue weighted by molar-refractivity contribution is 8.10. The second-order valence-electron chi connectivity index (χ2n) is 8.31. The van der Waals surface area contributed by atoms with E-state index in [1.807, 2.05) is 13.4 Å². The third-order valence-electron chi connectivity index (χ3n) is 4.94. The molecule has 0 bridgehead atoms. The van der Waals surface area contributed by atoms with Crippen LogP contribution in [0.15, 0.2) is 65.0 Å². The Bertz CT molecular complexity index is 898. The monoisotopic (exact) mass is 452 g/mol. The number of ether oxygens (including phenoxy) is 1. The maximum atomic E-state index is 4.58. The number of aryl methyl sites for hydroxylation is 1. The lowest BCUT2D eigenvalue weighted by molar-refractivity contribution is 0.277. The summed E-state index contributed by atoms with van der Waals surface area (Å²) < 4.78 is 4.25. The number of benzene rings is 2. The van der Waals surface area contributed by atoms with Crippen LogP contribution >= 0.6 is 11.8 Å². The SMILES string of the molecule is C=C(S/C=C(\C)Cc1ccc(N=CN(C)CC)c(C)c1)c1ccc(C(C)C)cc1.COC. The van der Waals surface area contributed by atoms with Crippen LogP contribution in [0.1, 0.15) is 55.9 Å². The molecule has 0 aliphatic carbocycles. The molecule has 0 saturated heterocycles. The van der Waals surface area contributed by atoms with Crippen molar-refractivity contribution in [2.45, 2.75) is 47.0 Å². The average molecular weight is 453 g/mol. The molecule has 0 aromatic heterocycles. The minimum atomic E-state index is 0.556. The van der Waals surface area contributed by atoms with Crippen molar-refractivity contribution in [1.82, 2.24) is 4.90 Å². The molecule has 2 rings (SSSR count). The molecule has 0 fully saturated rings. The van der Waals surface area contributed by atoms with E-state index in [0.29, 0.717) is 5.92 Å². The molecule has 0 aliphatic rings. The van der Waals surface area contributed by atoms with Gasteiger partial charge in [0.15, 0.2) is 0 Å². The van der Waals surface area contributed by atoms with Crippen LogP contribution in [0.3, 0.4) is 0 Å². The summed E-state index contributed by atoms with van der Waals surface area (Å²) in [7, 11) is 5.28. The Kier molecular flexibility index (Phi) is 12.7. The zero-order valence-electron chi connectivity index (χ0n) is 21.1. The molecule has 0 spiro atoms. The fourth-order valence-corrected chi connectivity index (χ4v) is 3.57. The van der Waals surface area contributed by atoms with Crippen molar-refractivity contribution in [3.05, 3.63) is 82.3 Å². The van der Waals surface area contributed by atoms with Gasteiger partial charge in [-0.15, -0.1) is 0 Å². The Morgan fingerprint density at radius 2 is 1.78 bits per heavy atom. The first kappa shape index (κ1) is 27.7. The molecular weight excluding hydrogens is 412 g/mol. The molecule has 2 aromatic carbocycles. The Balaban J connectivity index is 0.00000161. The number of hydrogen-bond acceptors (Lipinski definition) is 3.